The molecule has 0 fully saturated rings. The van der Waals surface area contributed by atoms with E-state index in [1.807, 2.05) is 0 Å². The molecule has 0 saturated carbocycles. The molecular formula is C19H17FN4O4S2. The summed E-state index contributed by atoms with van der Waals surface area (Å²) in [6, 6.07) is 3.16. The molecule has 0 saturated heterocycles. The van der Waals surface area contributed by atoms with Gasteiger partial charge in [-0.25, -0.2) is 4.98 Å². The molecule has 1 aliphatic carbocycles. The molecule has 1 atom stereocenters. The maximum absolute atomic E-state index is 13.5. The molecule has 0 radical (unpaired) electrons. The maximum atomic E-state index is 13.5. The van der Waals surface area contributed by atoms with Crippen molar-refractivity contribution in [1.29, 1.82) is 0 Å². The number of amides is 1. The Kier molecular flexibility index (Phi) is 5.33. The highest BCUT2D eigenvalue weighted by Gasteiger charge is 2.24. The quantitative estimate of drug-likeness (QED) is 0.276. The molecule has 156 valence electrons. The minimum absolute atomic E-state index is 0.118. The van der Waals surface area contributed by atoms with Gasteiger partial charge in [0.1, 0.15) is 4.83 Å². The number of fused-ring (bicyclic) bond motifs is 3. The van der Waals surface area contributed by atoms with Gasteiger partial charge in [-0.05, 0) is 43.9 Å². The summed E-state index contributed by atoms with van der Waals surface area (Å²) >= 11 is 2.65. The summed E-state index contributed by atoms with van der Waals surface area (Å²) < 4.78 is 14.9. The van der Waals surface area contributed by atoms with E-state index in [1.54, 1.807) is 14.0 Å². The predicted molar refractivity (Wildman–Crippen MR) is 114 cm³/mol. The first-order chi connectivity index (χ1) is 14.3. The number of halogens is 1. The number of rotatable bonds is 5. The van der Waals surface area contributed by atoms with Crippen LogP contribution in [-0.4, -0.2) is 25.6 Å². The number of nitro groups is 1. The van der Waals surface area contributed by atoms with Crippen LogP contribution in [0.2, 0.25) is 0 Å². The zero-order valence-corrected chi connectivity index (χ0v) is 17.7. The van der Waals surface area contributed by atoms with E-state index in [2.05, 4.69) is 10.3 Å². The second-order valence-electron chi connectivity index (χ2n) is 6.97. The third-order valence-corrected chi connectivity index (χ3v) is 7.30. The predicted octanol–water partition coefficient (Wildman–Crippen LogP) is 3.65. The zero-order valence-electron chi connectivity index (χ0n) is 16.1. The van der Waals surface area contributed by atoms with E-state index >= 15 is 0 Å². The van der Waals surface area contributed by atoms with Gasteiger partial charge in [-0.3, -0.25) is 24.3 Å². The summed E-state index contributed by atoms with van der Waals surface area (Å²) in [7, 11) is 1.63. The van der Waals surface area contributed by atoms with E-state index in [9.17, 15) is 24.1 Å². The first-order valence-electron chi connectivity index (χ1n) is 9.19. The standard InChI is InChI=1S/C19H17FN4O4S2/c1-9(16(25)21-10-6-7-12(20)13(8-10)24(27)28)29-19-22-17-15(18(26)23(19)2)11-4-3-5-14(11)30-17/h6-9H,3-5H2,1-2H3,(H,21,25). The van der Waals surface area contributed by atoms with Crippen LogP contribution in [0.15, 0.2) is 28.2 Å². The van der Waals surface area contributed by atoms with Gasteiger partial charge in [0, 0.05) is 23.7 Å². The van der Waals surface area contributed by atoms with E-state index in [1.165, 1.54) is 26.8 Å². The van der Waals surface area contributed by atoms with Crippen molar-refractivity contribution in [3.05, 3.63) is 54.9 Å². The van der Waals surface area contributed by atoms with E-state index in [4.69, 9.17) is 0 Å². The smallest absolute Gasteiger partial charge is 0.306 e. The van der Waals surface area contributed by atoms with Crippen LogP contribution in [0.1, 0.15) is 23.8 Å². The largest absolute Gasteiger partial charge is 0.325 e. The van der Waals surface area contributed by atoms with Crippen LogP contribution in [0.5, 0.6) is 0 Å². The summed E-state index contributed by atoms with van der Waals surface area (Å²) in [5.41, 5.74) is 0.382. The van der Waals surface area contributed by atoms with Crippen molar-refractivity contribution in [2.24, 2.45) is 7.05 Å². The highest BCUT2D eigenvalue weighted by molar-refractivity contribution is 8.00. The van der Waals surface area contributed by atoms with Gasteiger partial charge < -0.3 is 5.32 Å². The van der Waals surface area contributed by atoms with Crippen molar-refractivity contribution < 1.29 is 14.1 Å². The lowest BCUT2D eigenvalue weighted by Gasteiger charge is -2.13. The lowest BCUT2D eigenvalue weighted by atomic mass is 10.2. The minimum atomic E-state index is -0.976. The van der Waals surface area contributed by atoms with Crippen LogP contribution in [0, 0.1) is 15.9 Å². The van der Waals surface area contributed by atoms with Crippen molar-refractivity contribution >= 4 is 50.6 Å². The molecule has 2 heterocycles. The number of benzene rings is 1. The average Bonchev–Trinajstić information content (AvgIpc) is 3.27. The van der Waals surface area contributed by atoms with Crippen LogP contribution in [-0.2, 0) is 24.7 Å². The third kappa shape index (κ3) is 3.58. The SMILES string of the molecule is CC(Sc1nc2sc3c(c2c(=O)n1C)CCC3)C(=O)Nc1ccc(F)c([N+](=O)[O-])c1. The molecule has 3 aromatic rings. The summed E-state index contributed by atoms with van der Waals surface area (Å²) in [6.07, 6.45) is 2.90. The van der Waals surface area contributed by atoms with Gasteiger partial charge in [0.15, 0.2) is 5.16 Å². The number of hydrogen-bond donors (Lipinski definition) is 1. The second kappa shape index (κ2) is 7.80. The fourth-order valence-corrected chi connectivity index (χ4v) is 5.57. The second-order valence-corrected chi connectivity index (χ2v) is 9.36. The van der Waals surface area contributed by atoms with Gasteiger partial charge in [-0.1, -0.05) is 11.8 Å². The number of nitro benzene ring substituents is 1. The molecule has 1 amide bonds. The molecule has 8 nitrogen and oxygen atoms in total. The topological polar surface area (TPSA) is 107 Å². The Morgan fingerprint density at radius 3 is 2.93 bits per heavy atom. The number of thioether (sulfide) groups is 1. The molecule has 0 bridgehead atoms. The Morgan fingerprint density at radius 1 is 1.43 bits per heavy atom. The molecule has 1 N–H and O–H groups in total. The van der Waals surface area contributed by atoms with E-state index in [0.717, 1.165) is 48.7 Å². The van der Waals surface area contributed by atoms with Crippen molar-refractivity contribution in [3.63, 3.8) is 0 Å². The maximum Gasteiger partial charge on any atom is 0.306 e. The molecule has 1 aromatic carbocycles. The molecule has 0 aliphatic heterocycles. The molecule has 11 heteroatoms. The van der Waals surface area contributed by atoms with E-state index in [-0.39, 0.29) is 11.2 Å². The number of aromatic nitrogens is 2. The summed E-state index contributed by atoms with van der Waals surface area (Å²) in [5.74, 6) is -1.42. The number of hydrogen-bond acceptors (Lipinski definition) is 7. The third-order valence-electron chi connectivity index (χ3n) is 4.97. The number of carbonyl (C=O) groups excluding carboxylic acids is 1. The number of anilines is 1. The molecule has 30 heavy (non-hydrogen) atoms. The Balaban J connectivity index is 1.56. The van der Waals surface area contributed by atoms with Gasteiger partial charge in [-0.15, -0.1) is 11.3 Å². The van der Waals surface area contributed by atoms with Gasteiger partial charge in [0.25, 0.3) is 5.56 Å². The summed E-state index contributed by atoms with van der Waals surface area (Å²) in [4.78, 5) is 41.9. The van der Waals surface area contributed by atoms with Crippen molar-refractivity contribution in [1.82, 2.24) is 9.55 Å². The van der Waals surface area contributed by atoms with E-state index in [0.29, 0.717) is 15.4 Å². The fraction of sp³-hybridized carbons (Fsp3) is 0.316. The molecule has 1 unspecified atom stereocenters. The molecule has 4 rings (SSSR count). The van der Waals surface area contributed by atoms with Gasteiger partial charge in [-0.2, -0.15) is 4.39 Å². The van der Waals surface area contributed by atoms with Crippen molar-refractivity contribution in [2.45, 2.75) is 36.6 Å². The fourth-order valence-electron chi connectivity index (χ4n) is 3.40. The zero-order chi connectivity index (χ0) is 21.6. The number of carbonyl (C=O) groups is 1. The lowest BCUT2D eigenvalue weighted by molar-refractivity contribution is -0.387. The molecule has 0 spiro atoms. The number of nitrogens with zero attached hydrogens (tertiary/aromatic N) is 3. The molecule has 2 aromatic heterocycles. The van der Waals surface area contributed by atoms with Gasteiger partial charge in [0.05, 0.1) is 15.6 Å². The van der Waals surface area contributed by atoms with Crippen LogP contribution >= 0.6 is 23.1 Å². The molecule has 1 aliphatic rings. The minimum Gasteiger partial charge on any atom is -0.325 e. The Hall–Kier alpha value is -2.79. The first-order valence-corrected chi connectivity index (χ1v) is 10.9. The Labute approximate surface area is 178 Å². The Morgan fingerprint density at radius 2 is 2.20 bits per heavy atom. The number of thiophene rings is 1. The molecular weight excluding hydrogens is 431 g/mol. The van der Waals surface area contributed by atoms with Gasteiger partial charge in [0.2, 0.25) is 11.7 Å². The van der Waals surface area contributed by atoms with Crippen LogP contribution in [0.3, 0.4) is 0 Å². The summed E-state index contributed by atoms with van der Waals surface area (Å²) in [6.45, 7) is 1.64. The Bertz CT molecular complexity index is 1250. The first kappa shape index (κ1) is 20.5. The van der Waals surface area contributed by atoms with E-state index < -0.39 is 27.6 Å². The lowest BCUT2D eigenvalue weighted by Crippen LogP contribution is -2.25. The highest BCUT2D eigenvalue weighted by atomic mass is 32.2. The number of aryl methyl sites for hydroxylation is 2. The average molecular weight is 449 g/mol. The van der Waals surface area contributed by atoms with Crippen molar-refractivity contribution in [2.75, 3.05) is 5.32 Å². The van der Waals surface area contributed by atoms with Crippen LogP contribution in [0.4, 0.5) is 15.8 Å². The summed E-state index contributed by atoms with van der Waals surface area (Å²) in [5, 5.41) is 13.9. The van der Waals surface area contributed by atoms with Crippen LogP contribution in [0.25, 0.3) is 10.2 Å². The monoisotopic (exact) mass is 448 g/mol. The van der Waals surface area contributed by atoms with Gasteiger partial charge >= 0.3 is 5.69 Å². The van der Waals surface area contributed by atoms with Crippen molar-refractivity contribution in [3.8, 4) is 0 Å². The normalized spacial score (nSPS) is 14.0. The number of nitrogens with one attached hydrogen (secondary N) is 1. The highest BCUT2D eigenvalue weighted by Crippen LogP contribution is 2.36. The van der Waals surface area contributed by atoms with Crippen LogP contribution < -0.4 is 10.9 Å².